The molecule has 2 amide bonds. The van der Waals surface area contributed by atoms with Crippen molar-refractivity contribution >= 4 is 23.4 Å². The predicted molar refractivity (Wildman–Crippen MR) is 85.8 cm³/mol. The zero-order valence-electron chi connectivity index (χ0n) is 13.0. The van der Waals surface area contributed by atoms with Gasteiger partial charge >= 0.3 is 0 Å². The standard InChI is InChI=1S/C16H22ClN3O2/c1-11(12-4-3-5-13(17)8-12)18-15(21)9-20(2)10-16(22)19-14-6-7-14/h3-5,8,11,14H,6-7,9-10H2,1-2H3,(H,18,21)(H,19,22)/p+1/t11-/m1/s1. The highest BCUT2D eigenvalue weighted by Gasteiger charge is 2.25. The molecule has 0 aliphatic heterocycles. The van der Waals surface area contributed by atoms with Crippen molar-refractivity contribution in [1.29, 1.82) is 0 Å². The van der Waals surface area contributed by atoms with Crippen LogP contribution in [0.2, 0.25) is 5.02 Å². The number of carbonyl (C=O) groups is 2. The molecule has 0 radical (unpaired) electrons. The van der Waals surface area contributed by atoms with Gasteiger partial charge < -0.3 is 15.5 Å². The summed E-state index contributed by atoms with van der Waals surface area (Å²) in [5.41, 5.74) is 0.963. The molecule has 5 nitrogen and oxygen atoms in total. The second-order valence-corrected chi connectivity index (χ2v) is 6.43. The topological polar surface area (TPSA) is 62.6 Å². The van der Waals surface area contributed by atoms with Gasteiger partial charge in [-0.15, -0.1) is 0 Å². The molecule has 22 heavy (non-hydrogen) atoms. The molecular weight excluding hydrogens is 302 g/mol. The molecule has 1 aromatic rings. The summed E-state index contributed by atoms with van der Waals surface area (Å²) in [7, 11) is 1.84. The van der Waals surface area contributed by atoms with Gasteiger partial charge in [-0.1, -0.05) is 23.7 Å². The van der Waals surface area contributed by atoms with E-state index in [1.165, 1.54) is 0 Å². The molecule has 0 saturated heterocycles. The Morgan fingerprint density at radius 2 is 2.00 bits per heavy atom. The number of quaternary nitrogens is 1. The van der Waals surface area contributed by atoms with Crippen LogP contribution in [0.15, 0.2) is 24.3 Å². The molecule has 1 unspecified atom stereocenters. The van der Waals surface area contributed by atoms with Crippen molar-refractivity contribution < 1.29 is 14.5 Å². The summed E-state index contributed by atoms with van der Waals surface area (Å²) in [4.78, 5) is 24.6. The maximum Gasteiger partial charge on any atom is 0.275 e. The second-order valence-electron chi connectivity index (χ2n) is 6.00. The predicted octanol–water partition coefficient (Wildman–Crippen LogP) is 0.311. The number of likely N-dealkylation sites (N-methyl/N-ethyl adjacent to an activating group) is 1. The minimum absolute atomic E-state index is 0.00990. The van der Waals surface area contributed by atoms with E-state index in [-0.39, 0.29) is 24.4 Å². The second kappa shape index (κ2) is 7.61. The maximum atomic E-state index is 12.0. The number of halogens is 1. The van der Waals surface area contributed by atoms with Crippen molar-refractivity contribution in [2.24, 2.45) is 0 Å². The van der Waals surface area contributed by atoms with Crippen LogP contribution in [-0.2, 0) is 9.59 Å². The number of nitrogens with one attached hydrogen (secondary N) is 3. The van der Waals surface area contributed by atoms with Gasteiger partial charge in [0.25, 0.3) is 11.8 Å². The van der Waals surface area contributed by atoms with Crippen molar-refractivity contribution in [3.05, 3.63) is 34.9 Å². The van der Waals surface area contributed by atoms with Crippen LogP contribution in [0.4, 0.5) is 0 Å². The molecule has 1 fully saturated rings. The van der Waals surface area contributed by atoms with Crippen LogP contribution in [0, 0.1) is 0 Å². The molecule has 1 aromatic carbocycles. The van der Waals surface area contributed by atoms with Crippen molar-refractivity contribution in [3.8, 4) is 0 Å². The Morgan fingerprint density at radius 1 is 1.32 bits per heavy atom. The van der Waals surface area contributed by atoms with Crippen LogP contribution in [-0.4, -0.2) is 38.0 Å². The van der Waals surface area contributed by atoms with Gasteiger partial charge in [0, 0.05) is 11.1 Å². The third-order valence-corrected chi connectivity index (χ3v) is 3.83. The lowest BCUT2D eigenvalue weighted by atomic mass is 10.1. The van der Waals surface area contributed by atoms with E-state index in [0.717, 1.165) is 23.3 Å². The largest absolute Gasteiger partial charge is 0.348 e. The van der Waals surface area contributed by atoms with Gasteiger partial charge in [-0.05, 0) is 37.5 Å². The molecule has 2 atom stereocenters. The Hall–Kier alpha value is -1.59. The van der Waals surface area contributed by atoms with Crippen LogP contribution >= 0.6 is 11.6 Å². The maximum absolute atomic E-state index is 12.0. The molecule has 0 aromatic heterocycles. The van der Waals surface area contributed by atoms with E-state index in [0.29, 0.717) is 17.6 Å². The first-order chi connectivity index (χ1) is 10.4. The monoisotopic (exact) mass is 324 g/mol. The number of hydrogen-bond acceptors (Lipinski definition) is 2. The fraction of sp³-hybridized carbons (Fsp3) is 0.500. The number of carbonyl (C=O) groups excluding carboxylic acids is 2. The smallest absolute Gasteiger partial charge is 0.275 e. The molecular formula is C16H23ClN3O2+. The molecule has 1 saturated carbocycles. The third kappa shape index (κ3) is 5.66. The highest BCUT2D eigenvalue weighted by Crippen LogP contribution is 2.18. The van der Waals surface area contributed by atoms with Gasteiger partial charge in [0.15, 0.2) is 13.1 Å². The van der Waals surface area contributed by atoms with E-state index in [1.807, 2.05) is 32.2 Å². The van der Waals surface area contributed by atoms with Gasteiger partial charge in [0.05, 0.1) is 13.1 Å². The van der Waals surface area contributed by atoms with E-state index in [4.69, 9.17) is 11.6 Å². The molecule has 0 heterocycles. The normalized spacial score (nSPS) is 16.7. The quantitative estimate of drug-likeness (QED) is 0.676. The van der Waals surface area contributed by atoms with Crippen molar-refractivity contribution in [1.82, 2.24) is 10.6 Å². The Kier molecular flexibility index (Phi) is 5.80. The SMILES string of the molecule is C[C@@H](NC(=O)C[NH+](C)CC(=O)NC1CC1)c1cccc(Cl)c1. The first kappa shape index (κ1) is 16.8. The lowest BCUT2D eigenvalue weighted by Gasteiger charge is -2.17. The zero-order chi connectivity index (χ0) is 16.1. The minimum atomic E-state index is -0.112. The first-order valence-electron chi connectivity index (χ1n) is 7.59. The van der Waals surface area contributed by atoms with Crippen LogP contribution in [0.5, 0.6) is 0 Å². The van der Waals surface area contributed by atoms with Crippen LogP contribution in [0.3, 0.4) is 0 Å². The molecule has 6 heteroatoms. The highest BCUT2D eigenvalue weighted by atomic mass is 35.5. The van der Waals surface area contributed by atoms with Crippen molar-refractivity contribution in [3.63, 3.8) is 0 Å². The first-order valence-corrected chi connectivity index (χ1v) is 7.97. The summed E-state index contributed by atoms with van der Waals surface area (Å²) < 4.78 is 0. The lowest BCUT2D eigenvalue weighted by Crippen LogP contribution is -3.11. The number of hydrogen-bond donors (Lipinski definition) is 3. The Balaban J connectivity index is 1.75. The fourth-order valence-electron chi connectivity index (χ4n) is 2.27. The Labute approximate surface area is 136 Å². The molecule has 1 aliphatic rings. The van der Waals surface area contributed by atoms with Gasteiger partial charge in [0.2, 0.25) is 0 Å². The van der Waals surface area contributed by atoms with E-state index in [2.05, 4.69) is 10.6 Å². The molecule has 1 aliphatic carbocycles. The molecule has 0 bridgehead atoms. The van der Waals surface area contributed by atoms with E-state index < -0.39 is 0 Å². The van der Waals surface area contributed by atoms with E-state index >= 15 is 0 Å². The summed E-state index contributed by atoms with van der Waals surface area (Å²) in [6.45, 7) is 2.50. The van der Waals surface area contributed by atoms with Crippen LogP contribution in [0.1, 0.15) is 31.4 Å². The van der Waals surface area contributed by atoms with Crippen LogP contribution < -0.4 is 15.5 Å². The average Bonchev–Trinajstić information content (AvgIpc) is 3.21. The van der Waals surface area contributed by atoms with Gasteiger partial charge in [-0.3, -0.25) is 9.59 Å². The van der Waals surface area contributed by atoms with E-state index in [9.17, 15) is 9.59 Å². The summed E-state index contributed by atoms with van der Waals surface area (Å²) >= 11 is 5.95. The van der Waals surface area contributed by atoms with Crippen LogP contribution in [0.25, 0.3) is 0 Å². The Bertz CT molecular complexity index is 546. The summed E-state index contributed by atoms with van der Waals surface area (Å²) in [5, 5.41) is 6.51. The molecule has 3 N–H and O–H groups in total. The summed E-state index contributed by atoms with van der Waals surface area (Å²) in [6, 6.07) is 7.68. The van der Waals surface area contributed by atoms with E-state index in [1.54, 1.807) is 6.07 Å². The van der Waals surface area contributed by atoms with Gasteiger partial charge in [0.1, 0.15) is 0 Å². The zero-order valence-corrected chi connectivity index (χ0v) is 13.7. The highest BCUT2D eigenvalue weighted by molar-refractivity contribution is 6.30. The molecule has 2 rings (SSSR count). The fourth-order valence-corrected chi connectivity index (χ4v) is 2.47. The van der Waals surface area contributed by atoms with Crippen molar-refractivity contribution in [2.75, 3.05) is 20.1 Å². The summed E-state index contributed by atoms with van der Waals surface area (Å²) in [6.07, 6.45) is 2.14. The minimum Gasteiger partial charge on any atom is -0.348 e. The molecule has 120 valence electrons. The molecule has 0 spiro atoms. The Morgan fingerprint density at radius 3 is 2.64 bits per heavy atom. The summed E-state index contributed by atoms with van der Waals surface area (Å²) in [5.74, 6) is -0.0695. The third-order valence-electron chi connectivity index (χ3n) is 3.59. The van der Waals surface area contributed by atoms with Gasteiger partial charge in [-0.2, -0.15) is 0 Å². The van der Waals surface area contributed by atoms with Crippen molar-refractivity contribution in [2.45, 2.75) is 31.8 Å². The van der Waals surface area contributed by atoms with Gasteiger partial charge in [-0.25, -0.2) is 0 Å². The number of rotatable bonds is 7. The average molecular weight is 325 g/mol. The number of amides is 2. The lowest BCUT2D eigenvalue weighted by molar-refractivity contribution is -0.862. The number of benzene rings is 1.